The van der Waals surface area contributed by atoms with Crippen LogP contribution in [0.3, 0.4) is 0 Å². The summed E-state index contributed by atoms with van der Waals surface area (Å²) in [5, 5.41) is 14.4. The van der Waals surface area contributed by atoms with Crippen LogP contribution in [0, 0.1) is 11.3 Å². The molecule has 24 heavy (non-hydrogen) atoms. The van der Waals surface area contributed by atoms with Crippen LogP contribution >= 0.6 is 23.1 Å². The fourth-order valence-electron chi connectivity index (χ4n) is 1.99. The maximum atomic E-state index is 12.3. The third-order valence-electron chi connectivity index (χ3n) is 3.27. The summed E-state index contributed by atoms with van der Waals surface area (Å²) in [6, 6.07) is 10.6. The van der Waals surface area contributed by atoms with Crippen LogP contribution in [0.1, 0.15) is 12.5 Å². The van der Waals surface area contributed by atoms with Gasteiger partial charge in [0.2, 0.25) is 5.91 Å². The van der Waals surface area contributed by atoms with E-state index in [1.54, 1.807) is 31.2 Å². The Morgan fingerprint density at radius 1 is 1.33 bits per heavy atom. The fraction of sp³-hybridized carbons (Fsp3) is 0.125. The van der Waals surface area contributed by atoms with Gasteiger partial charge in [0, 0.05) is 5.69 Å². The molecule has 3 N–H and O–H groups in total. The van der Waals surface area contributed by atoms with Gasteiger partial charge in [-0.25, -0.2) is 9.97 Å². The fourth-order valence-corrected chi connectivity index (χ4v) is 3.60. The number of nitrogens with one attached hydrogen (secondary N) is 1. The number of benzene rings is 1. The Morgan fingerprint density at radius 2 is 2.08 bits per heavy atom. The van der Waals surface area contributed by atoms with E-state index in [-0.39, 0.29) is 5.91 Å². The summed E-state index contributed by atoms with van der Waals surface area (Å²) in [5.41, 5.74) is 7.10. The van der Waals surface area contributed by atoms with Gasteiger partial charge in [-0.1, -0.05) is 11.8 Å². The molecule has 2 heterocycles. The quantitative estimate of drug-likeness (QED) is 0.550. The molecule has 6 nitrogen and oxygen atoms in total. The SMILES string of the molecule is C[C@@H](Sc1nc(N)c2ccsc2n1)C(=O)Nc1ccc(C#N)cc1. The van der Waals surface area contributed by atoms with Crippen molar-refractivity contribution in [2.45, 2.75) is 17.3 Å². The molecule has 1 atom stereocenters. The molecule has 0 unspecified atom stereocenters. The number of hydrogen-bond donors (Lipinski definition) is 2. The van der Waals surface area contributed by atoms with E-state index in [0.29, 0.717) is 22.2 Å². The molecule has 0 spiro atoms. The Kier molecular flexibility index (Phi) is 4.64. The maximum Gasteiger partial charge on any atom is 0.237 e. The van der Waals surface area contributed by atoms with Crippen LogP contribution in [0.15, 0.2) is 40.9 Å². The summed E-state index contributed by atoms with van der Waals surface area (Å²) in [6.45, 7) is 1.78. The second kappa shape index (κ2) is 6.86. The number of rotatable bonds is 4. The molecule has 0 aliphatic heterocycles. The average Bonchev–Trinajstić information content (AvgIpc) is 3.04. The first-order valence-electron chi connectivity index (χ1n) is 7.05. The van der Waals surface area contributed by atoms with Crippen LogP contribution in [0.5, 0.6) is 0 Å². The molecule has 0 radical (unpaired) electrons. The Labute approximate surface area is 146 Å². The molecule has 120 valence electrons. The van der Waals surface area contributed by atoms with E-state index in [0.717, 1.165) is 10.2 Å². The lowest BCUT2D eigenvalue weighted by Gasteiger charge is -2.11. The number of carbonyl (C=O) groups is 1. The number of carbonyl (C=O) groups excluding carboxylic acids is 1. The molecular formula is C16H13N5OS2. The molecule has 0 aliphatic rings. The molecule has 3 rings (SSSR count). The van der Waals surface area contributed by atoms with Crippen molar-refractivity contribution < 1.29 is 4.79 Å². The predicted molar refractivity (Wildman–Crippen MR) is 96.9 cm³/mol. The predicted octanol–water partition coefficient (Wildman–Crippen LogP) is 3.26. The van der Waals surface area contributed by atoms with Crippen LogP contribution in [-0.4, -0.2) is 21.1 Å². The molecule has 1 amide bonds. The van der Waals surface area contributed by atoms with Crippen molar-refractivity contribution in [3.8, 4) is 6.07 Å². The summed E-state index contributed by atoms with van der Waals surface area (Å²) >= 11 is 2.74. The number of aromatic nitrogens is 2. The standard InChI is InChI=1S/C16H13N5OS2/c1-9(14(22)19-11-4-2-10(8-17)3-5-11)24-16-20-13(18)12-6-7-23-15(12)21-16/h2-7,9H,1H3,(H,19,22)(H2,18,20,21)/t9-/m1/s1. The van der Waals surface area contributed by atoms with Crippen LogP contribution < -0.4 is 11.1 Å². The zero-order chi connectivity index (χ0) is 17.1. The first-order chi connectivity index (χ1) is 11.6. The number of nitrogens with two attached hydrogens (primary N) is 1. The topological polar surface area (TPSA) is 105 Å². The number of amides is 1. The summed E-state index contributed by atoms with van der Waals surface area (Å²) in [4.78, 5) is 21.8. The maximum absolute atomic E-state index is 12.3. The van der Waals surface area contributed by atoms with Crippen molar-refractivity contribution in [2.75, 3.05) is 11.1 Å². The van der Waals surface area contributed by atoms with E-state index < -0.39 is 5.25 Å². The highest BCUT2D eigenvalue weighted by molar-refractivity contribution is 8.00. The van der Waals surface area contributed by atoms with E-state index in [2.05, 4.69) is 15.3 Å². The minimum absolute atomic E-state index is 0.168. The van der Waals surface area contributed by atoms with Gasteiger partial charge in [-0.05, 0) is 42.6 Å². The molecule has 2 aromatic heterocycles. The molecule has 0 saturated carbocycles. The number of nitrogen functional groups attached to an aromatic ring is 1. The summed E-state index contributed by atoms with van der Waals surface area (Å²) in [5.74, 6) is 0.251. The number of thioether (sulfide) groups is 1. The molecule has 8 heteroatoms. The van der Waals surface area contributed by atoms with Gasteiger partial charge in [-0.2, -0.15) is 5.26 Å². The van der Waals surface area contributed by atoms with Gasteiger partial charge in [0.25, 0.3) is 0 Å². The normalized spacial score (nSPS) is 11.8. The third kappa shape index (κ3) is 3.48. The number of thiophene rings is 1. The first kappa shape index (κ1) is 16.2. The Hall–Kier alpha value is -2.63. The van der Waals surface area contributed by atoms with Crippen molar-refractivity contribution in [1.82, 2.24) is 9.97 Å². The van der Waals surface area contributed by atoms with Crippen LogP contribution in [-0.2, 0) is 4.79 Å². The number of nitrogens with zero attached hydrogens (tertiary/aromatic N) is 3. The number of hydrogen-bond acceptors (Lipinski definition) is 7. The minimum atomic E-state index is -0.391. The van der Waals surface area contributed by atoms with E-state index in [1.165, 1.54) is 23.1 Å². The van der Waals surface area contributed by atoms with Gasteiger partial charge in [0.05, 0.1) is 22.3 Å². The first-order valence-corrected chi connectivity index (χ1v) is 8.81. The van der Waals surface area contributed by atoms with E-state index >= 15 is 0 Å². The van der Waals surface area contributed by atoms with E-state index in [9.17, 15) is 4.79 Å². The van der Waals surface area contributed by atoms with Gasteiger partial charge in [-0.3, -0.25) is 4.79 Å². The Morgan fingerprint density at radius 3 is 2.79 bits per heavy atom. The monoisotopic (exact) mass is 355 g/mol. The lowest BCUT2D eigenvalue weighted by atomic mass is 10.2. The molecule has 0 aliphatic carbocycles. The lowest BCUT2D eigenvalue weighted by molar-refractivity contribution is -0.115. The molecule has 0 fully saturated rings. The van der Waals surface area contributed by atoms with Crippen LogP contribution in [0.2, 0.25) is 0 Å². The second-order valence-corrected chi connectivity index (χ2v) is 7.17. The largest absolute Gasteiger partial charge is 0.383 e. The van der Waals surface area contributed by atoms with Crippen LogP contribution in [0.25, 0.3) is 10.2 Å². The average molecular weight is 355 g/mol. The van der Waals surface area contributed by atoms with Crippen molar-refractivity contribution in [2.24, 2.45) is 0 Å². The summed E-state index contributed by atoms with van der Waals surface area (Å²) in [6.07, 6.45) is 0. The third-order valence-corrected chi connectivity index (χ3v) is 5.03. The lowest BCUT2D eigenvalue weighted by Crippen LogP contribution is -2.22. The van der Waals surface area contributed by atoms with Gasteiger partial charge < -0.3 is 11.1 Å². The number of anilines is 2. The molecule has 0 bridgehead atoms. The summed E-state index contributed by atoms with van der Waals surface area (Å²) < 4.78 is 0. The second-order valence-electron chi connectivity index (χ2n) is 4.97. The van der Waals surface area contributed by atoms with Crippen molar-refractivity contribution >= 4 is 50.7 Å². The van der Waals surface area contributed by atoms with Crippen molar-refractivity contribution in [3.63, 3.8) is 0 Å². The van der Waals surface area contributed by atoms with Gasteiger partial charge >= 0.3 is 0 Å². The Bertz CT molecular complexity index is 930. The summed E-state index contributed by atoms with van der Waals surface area (Å²) in [7, 11) is 0. The van der Waals surface area contributed by atoms with Crippen LogP contribution in [0.4, 0.5) is 11.5 Å². The minimum Gasteiger partial charge on any atom is -0.383 e. The molecule has 1 aromatic carbocycles. The highest BCUT2D eigenvalue weighted by Gasteiger charge is 2.17. The highest BCUT2D eigenvalue weighted by Crippen LogP contribution is 2.28. The molecule has 0 saturated heterocycles. The van der Waals surface area contributed by atoms with Crippen molar-refractivity contribution in [3.05, 3.63) is 41.3 Å². The number of fused-ring (bicyclic) bond motifs is 1. The van der Waals surface area contributed by atoms with Gasteiger partial charge in [0.15, 0.2) is 5.16 Å². The van der Waals surface area contributed by atoms with E-state index in [1.807, 2.05) is 17.5 Å². The molecule has 3 aromatic rings. The zero-order valence-electron chi connectivity index (χ0n) is 12.7. The van der Waals surface area contributed by atoms with Gasteiger partial charge in [0.1, 0.15) is 10.6 Å². The molecular weight excluding hydrogens is 342 g/mol. The van der Waals surface area contributed by atoms with E-state index in [4.69, 9.17) is 11.0 Å². The van der Waals surface area contributed by atoms with Crippen molar-refractivity contribution in [1.29, 1.82) is 5.26 Å². The number of nitriles is 1. The van der Waals surface area contributed by atoms with Gasteiger partial charge in [-0.15, -0.1) is 11.3 Å². The Balaban J connectivity index is 1.69. The zero-order valence-corrected chi connectivity index (χ0v) is 14.3. The highest BCUT2D eigenvalue weighted by atomic mass is 32.2. The smallest absolute Gasteiger partial charge is 0.237 e.